The van der Waals surface area contributed by atoms with E-state index in [-0.39, 0.29) is 16.2 Å². The number of benzene rings is 2. The van der Waals surface area contributed by atoms with Gasteiger partial charge in [0.1, 0.15) is 0 Å². The number of ether oxygens (including phenoxy) is 2. The van der Waals surface area contributed by atoms with Crippen LogP contribution in [-0.2, 0) is 22.7 Å². The van der Waals surface area contributed by atoms with Gasteiger partial charge in [-0.1, -0.05) is 18.2 Å². The first-order valence-corrected chi connectivity index (χ1v) is 8.54. The fourth-order valence-electron chi connectivity index (χ4n) is 2.19. The third-order valence-electron chi connectivity index (χ3n) is 3.44. The average Bonchev–Trinajstić information content (AvgIpc) is 2.58. The van der Waals surface area contributed by atoms with Crippen molar-refractivity contribution in [2.45, 2.75) is 17.6 Å². The highest BCUT2D eigenvalue weighted by molar-refractivity contribution is 7.89. The molecule has 2 rings (SSSR count). The Bertz CT molecular complexity index is 851. The molecule has 5 nitrogen and oxygen atoms in total. The molecule has 0 spiro atoms. The maximum atomic E-state index is 13.0. The molecule has 0 aliphatic rings. The normalized spacial score (nSPS) is 12.0. The van der Waals surface area contributed by atoms with Gasteiger partial charge in [-0.2, -0.15) is 13.2 Å². The van der Waals surface area contributed by atoms with Crippen molar-refractivity contribution in [1.29, 1.82) is 0 Å². The molecule has 1 N–H and O–H groups in total. The highest BCUT2D eigenvalue weighted by Crippen LogP contribution is 2.32. The van der Waals surface area contributed by atoms with Gasteiger partial charge in [-0.05, 0) is 23.8 Å². The molecule has 0 aliphatic heterocycles. The summed E-state index contributed by atoms with van der Waals surface area (Å²) in [5.41, 5.74) is -1.05. The molecule has 0 bridgehead atoms. The molecule has 0 fully saturated rings. The van der Waals surface area contributed by atoms with Gasteiger partial charge >= 0.3 is 6.18 Å². The van der Waals surface area contributed by atoms with Crippen LogP contribution in [0.1, 0.15) is 11.1 Å². The number of halogens is 3. The number of methoxy groups -OCH3 is 2. The number of hydrogen-bond donors (Lipinski definition) is 1. The van der Waals surface area contributed by atoms with Crippen LogP contribution in [0.15, 0.2) is 47.4 Å². The fourth-order valence-corrected chi connectivity index (χ4v) is 3.21. The van der Waals surface area contributed by atoms with Crippen LogP contribution in [0.3, 0.4) is 0 Å². The lowest BCUT2D eigenvalue weighted by atomic mass is 10.1. The molecule has 0 unspecified atom stereocenters. The minimum atomic E-state index is -4.56. The Labute approximate surface area is 143 Å². The van der Waals surface area contributed by atoms with Gasteiger partial charge in [-0.3, -0.25) is 0 Å². The summed E-state index contributed by atoms with van der Waals surface area (Å²) >= 11 is 0. The van der Waals surface area contributed by atoms with Crippen molar-refractivity contribution < 1.29 is 31.1 Å². The van der Waals surface area contributed by atoms with Gasteiger partial charge in [0.05, 0.1) is 24.7 Å². The minimum absolute atomic E-state index is 0.144. The third-order valence-corrected chi connectivity index (χ3v) is 4.84. The zero-order valence-electron chi connectivity index (χ0n) is 13.4. The molecular formula is C16H16F3NO4S. The molecule has 2 aromatic carbocycles. The second-order valence-electron chi connectivity index (χ2n) is 5.00. The molecule has 0 atom stereocenters. The topological polar surface area (TPSA) is 64.6 Å². The first-order chi connectivity index (χ1) is 11.7. The van der Waals surface area contributed by atoms with E-state index in [1.54, 1.807) is 0 Å². The van der Waals surface area contributed by atoms with E-state index in [1.165, 1.54) is 50.6 Å². The number of hydrogen-bond acceptors (Lipinski definition) is 4. The minimum Gasteiger partial charge on any atom is -0.493 e. The van der Waals surface area contributed by atoms with Crippen molar-refractivity contribution in [2.24, 2.45) is 0 Å². The van der Waals surface area contributed by atoms with Gasteiger partial charge in [-0.15, -0.1) is 0 Å². The zero-order chi connectivity index (χ0) is 18.7. The average molecular weight is 375 g/mol. The summed E-state index contributed by atoms with van der Waals surface area (Å²) in [7, 11) is -1.28. The van der Waals surface area contributed by atoms with E-state index in [2.05, 4.69) is 4.72 Å². The summed E-state index contributed by atoms with van der Waals surface area (Å²) in [6, 6.07) is 8.69. The van der Waals surface area contributed by atoms with Gasteiger partial charge in [0.25, 0.3) is 0 Å². The molecule has 0 heterocycles. The lowest BCUT2D eigenvalue weighted by Crippen LogP contribution is -2.25. The molecular weight excluding hydrogens is 359 g/mol. The molecule has 0 saturated carbocycles. The maximum absolute atomic E-state index is 13.0. The van der Waals surface area contributed by atoms with Crippen molar-refractivity contribution >= 4 is 10.0 Å². The van der Waals surface area contributed by atoms with Gasteiger partial charge in [-0.25, -0.2) is 13.1 Å². The van der Waals surface area contributed by atoms with Crippen molar-refractivity contribution in [3.05, 3.63) is 53.6 Å². The van der Waals surface area contributed by atoms with Gasteiger partial charge in [0, 0.05) is 12.6 Å². The molecule has 0 aromatic heterocycles. The van der Waals surface area contributed by atoms with Crippen LogP contribution in [0.25, 0.3) is 0 Å². The van der Waals surface area contributed by atoms with Crippen LogP contribution < -0.4 is 14.2 Å². The van der Waals surface area contributed by atoms with Crippen molar-refractivity contribution in [1.82, 2.24) is 4.72 Å². The molecule has 0 radical (unpaired) electrons. The molecule has 0 aliphatic carbocycles. The second-order valence-corrected chi connectivity index (χ2v) is 6.76. The number of alkyl halides is 3. The summed E-state index contributed by atoms with van der Waals surface area (Å²) in [6.45, 7) is -0.494. The summed E-state index contributed by atoms with van der Waals surface area (Å²) in [4.78, 5) is -0.144. The van der Waals surface area contributed by atoms with Crippen molar-refractivity contribution in [3.8, 4) is 11.5 Å². The monoisotopic (exact) mass is 375 g/mol. The van der Waals surface area contributed by atoms with Gasteiger partial charge in [0.15, 0.2) is 11.5 Å². The fraction of sp³-hybridized carbons (Fsp3) is 0.250. The first kappa shape index (κ1) is 19.1. The predicted octanol–water partition coefficient (Wildman–Crippen LogP) is 3.20. The van der Waals surface area contributed by atoms with Crippen LogP contribution >= 0.6 is 0 Å². The summed E-state index contributed by atoms with van der Waals surface area (Å²) in [5.74, 6) is 0.532. The van der Waals surface area contributed by atoms with Gasteiger partial charge < -0.3 is 9.47 Å². The largest absolute Gasteiger partial charge is 0.493 e. The Balaban J connectivity index is 2.27. The predicted molar refractivity (Wildman–Crippen MR) is 85.0 cm³/mol. The zero-order valence-corrected chi connectivity index (χ0v) is 14.2. The Morgan fingerprint density at radius 3 is 2.24 bits per heavy atom. The van der Waals surface area contributed by atoms with Crippen molar-refractivity contribution in [3.63, 3.8) is 0 Å². The van der Waals surface area contributed by atoms with Crippen LogP contribution in [0.4, 0.5) is 13.2 Å². The number of nitrogens with one attached hydrogen (secondary N) is 1. The molecule has 2 aromatic rings. The molecule has 25 heavy (non-hydrogen) atoms. The first-order valence-electron chi connectivity index (χ1n) is 7.06. The van der Waals surface area contributed by atoms with E-state index < -0.39 is 28.3 Å². The summed E-state index contributed by atoms with van der Waals surface area (Å²) in [5, 5.41) is 0. The van der Waals surface area contributed by atoms with Crippen LogP contribution in [-0.4, -0.2) is 22.6 Å². The van der Waals surface area contributed by atoms with Crippen LogP contribution in [0.5, 0.6) is 11.5 Å². The summed E-state index contributed by atoms with van der Waals surface area (Å²) in [6.07, 6.45) is -4.56. The molecule has 9 heteroatoms. The van der Waals surface area contributed by atoms with E-state index in [0.717, 1.165) is 6.07 Å². The summed E-state index contributed by atoms with van der Waals surface area (Å²) < 4.78 is 75.8. The van der Waals surface area contributed by atoms with E-state index >= 15 is 0 Å². The van der Waals surface area contributed by atoms with E-state index in [0.29, 0.717) is 5.75 Å². The Hall–Kier alpha value is -2.26. The Morgan fingerprint density at radius 2 is 1.64 bits per heavy atom. The number of rotatable bonds is 6. The van der Waals surface area contributed by atoms with Crippen LogP contribution in [0.2, 0.25) is 0 Å². The van der Waals surface area contributed by atoms with E-state index in [4.69, 9.17) is 9.47 Å². The van der Waals surface area contributed by atoms with E-state index in [9.17, 15) is 21.6 Å². The van der Waals surface area contributed by atoms with E-state index in [1.807, 2.05) is 0 Å². The maximum Gasteiger partial charge on any atom is 0.416 e. The molecule has 0 amide bonds. The number of sulfonamides is 1. The Kier molecular flexibility index (Phi) is 5.58. The quantitative estimate of drug-likeness (QED) is 0.842. The second kappa shape index (κ2) is 7.32. The lowest BCUT2D eigenvalue weighted by molar-refractivity contribution is -0.138. The van der Waals surface area contributed by atoms with Gasteiger partial charge in [0.2, 0.25) is 10.0 Å². The highest BCUT2D eigenvalue weighted by Gasteiger charge is 2.33. The molecule has 0 saturated heterocycles. The van der Waals surface area contributed by atoms with Crippen LogP contribution in [0, 0.1) is 0 Å². The SMILES string of the molecule is COc1ccc(S(=O)(=O)NCc2ccccc2C(F)(F)F)cc1OC. The smallest absolute Gasteiger partial charge is 0.416 e. The molecule has 136 valence electrons. The standard InChI is InChI=1S/C16H16F3NO4S/c1-23-14-8-7-12(9-15(14)24-2)25(21,22)20-10-11-5-3-4-6-13(11)16(17,18)19/h3-9,20H,10H2,1-2H3. The third kappa shape index (κ3) is 4.43. The highest BCUT2D eigenvalue weighted by atomic mass is 32.2. The van der Waals surface area contributed by atoms with Crippen molar-refractivity contribution in [2.75, 3.05) is 14.2 Å². The Morgan fingerprint density at radius 1 is 1.00 bits per heavy atom. The lowest BCUT2D eigenvalue weighted by Gasteiger charge is -2.14.